The summed E-state index contributed by atoms with van der Waals surface area (Å²) in [7, 11) is 0. The fourth-order valence-corrected chi connectivity index (χ4v) is 2.73. The number of benzene rings is 1. The number of hydrogen-bond donors (Lipinski definition) is 1. The van der Waals surface area contributed by atoms with Crippen LogP contribution in [0.2, 0.25) is 5.02 Å². The Labute approximate surface area is 113 Å². The van der Waals surface area contributed by atoms with Gasteiger partial charge in [-0.25, -0.2) is 5.01 Å². The Morgan fingerprint density at radius 2 is 2.00 bits per heavy atom. The first-order chi connectivity index (χ1) is 8.63. The van der Waals surface area contributed by atoms with Crippen LogP contribution in [0.5, 0.6) is 0 Å². The molecule has 0 spiro atoms. The Morgan fingerprint density at radius 1 is 1.33 bits per heavy atom. The topological polar surface area (TPSA) is 39.1 Å². The summed E-state index contributed by atoms with van der Waals surface area (Å²) in [5.74, 6) is 0. The molecule has 4 heteroatoms. The quantitative estimate of drug-likeness (QED) is 0.882. The molecule has 1 N–H and O–H groups in total. The van der Waals surface area contributed by atoms with Gasteiger partial charge in [-0.2, -0.15) is 5.26 Å². The van der Waals surface area contributed by atoms with Crippen molar-refractivity contribution < 1.29 is 0 Å². The first-order valence-corrected chi connectivity index (χ1v) is 6.75. The summed E-state index contributed by atoms with van der Waals surface area (Å²) in [6.07, 6.45) is 3.63. The highest BCUT2D eigenvalue weighted by Crippen LogP contribution is 2.27. The highest BCUT2D eigenvalue weighted by atomic mass is 35.5. The minimum Gasteiger partial charge on any atom is -0.317 e. The van der Waals surface area contributed by atoms with Gasteiger partial charge in [0.1, 0.15) is 6.07 Å². The second kappa shape index (κ2) is 5.60. The van der Waals surface area contributed by atoms with E-state index in [0.717, 1.165) is 5.69 Å². The summed E-state index contributed by atoms with van der Waals surface area (Å²) in [4.78, 5) is 0. The lowest BCUT2D eigenvalue weighted by molar-refractivity contribution is 0.135. The van der Waals surface area contributed by atoms with Gasteiger partial charge < -0.3 is 5.43 Å². The fraction of sp³-hybridized carbons (Fsp3) is 0.500. The van der Waals surface area contributed by atoms with E-state index in [-0.39, 0.29) is 0 Å². The van der Waals surface area contributed by atoms with Gasteiger partial charge in [0, 0.05) is 12.1 Å². The van der Waals surface area contributed by atoms with Crippen LogP contribution in [0.15, 0.2) is 18.2 Å². The van der Waals surface area contributed by atoms with E-state index in [0.29, 0.717) is 22.7 Å². The first-order valence-electron chi connectivity index (χ1n) is 6.37. The third-order valence-electron chi connectivity index (χ3n) is 3.57. The Bertz CT molecular complexity index is 457. The predicted octanol–water partition coefficient (Wildman–Crippen LogP) is 3.80. The fourth-order valence-electron chi connectivity index (χ4n) is 2.51. The molecule has 1 heterocycles. The van der Waals surface area contributed by atoms with E-state index in [4.69, 9.17) is 16.9 Å². The Hall–Kier alpha value is -1.24. The average molecular weight is 264 g/mol. The third-order valence-corrected chi connectivity index (χ3v) is 3.88. The summed E-state index contributed by atoms with van der Waals surface area (Å²) in [5, 5.41) is 11.9. The van der Waals surface area contributed by atoms with Crippen molar-refractivity contribution in [2.24, 2.45) is 0 Å². The number of hydrazine groups is 1. The minimum atomic E-state index is 0.472. The molecule has 2 rings (SSSR count). The zero-order chi connectivity index (χ0) is 13.1. The lowest BCUT2D eigenvalue weighted by Crippen LogP contribution is -2.47. The molecule has 1 fully saturated rings. The smallest absolute Gasteiger partial charge is 0.103 e. The molecule has 96 valence electrons. The molecule has 0 radical (unpaired) electrons. The molecule has 1 aromatic carbocycles. The molecule has 3 nitrogen and oxygen atoms in total. The van der Waals surface area contributed by atoms with Gasteiger partial charge in [0.2, 0.25) is 0 Å². The minimum absolute atomic E-state index is 0.472. The lowest BCUT2D eigenvalue weighted by atomic mass is 10.00. The second-order valence-corrected chi connectivity index (χ2v) is 5.33. The normalized spacial score (nSPS) is 24.6. The van der Waals surface area contributed by atoms with E-state index in [2.05, 4.69) is 30.4 Å². The van der Waals surface area contributed by atoms with Gasteiger partial charge in [-0.15, -0.1) is 0 Å². The Kier molecular flexibility index (Phi) is 4.11. The maximum Gasteiger partial charge on any atom is 0.103 e. The number of nitriles is 1. The van der Waals surface area contributed by atoms with Crippen molar-refractivity contribution in [3.8, 4) is 6.07 Å². The summed E-state index contributed by atoms with van der Waals surface area (Å²) < 4.78 is 0. The number of halogens is 1. The van der Waals surface area contributed by atoms with E-state index in [1.54, 1.807) is 6.07 Å². The van der Waals surface area contributed by atoms with Gasteiger partial charge in [-0.1, -0.05) is 24.1 Å². The van der Waals surface area contributed by atoms with Gasteiger partial charge in [0.25, 0.3) is 0 Å². The highest BCUT2D eigenvalue weighted by molar-refractivity contribution is 6.32. The van der Waals surface area contributed by atoms with Crippen LogP contribution in [0, 0.1) is 11.3 Å². The lowest BCUT2D eigenvalue weighted by Gasteiger charge is -2.39. The van der Waals surface area contributed by atoms with Crippen molar-refractivity contribution in [1.29, 1.82) is 5.26 Å². The molecule has 0 bridgehead atoms. The molecule has 18 heavy (non-hydrogen) atoms. The summed E-state index contributed by atoms with van der Waals surface area (Å²) in [6.45, 7) is 4.42. The average Bonchev–Trinajstić information content (AvgIpc) is 2.34. The van der Waals surface area contributed by atoms with Crippen LogP contribution in [0.3, 0.4) is 0 Å². The maximum atomic E-state index is 9.17. The number of piperidine rings is 1. The van der Waals surface area contributed by atoms with Crippen LogP contribution in [0.1, 0.15) is 38.7 Å². The molecule has 0 saturated carbocycles. The molecule has 2 unspecified atom stereocenters. The molecule has 1 aromatic rings. The molecule has 0 amide bonds. The van der Waals surface area contributed by atoms with Crippen molar-refractivity contribution in [3.63, 3.8) is 0 Å². The molecule has 1 aliphatic heterocycles. The Morgan fingerprint density at radius 3 is 2.61 bits per heavy atom. The predicted molar refractivity (Wildman–Crippen MR) is 74.4 cm³/mol. The van der Waals surface area contributed by atoms with Gasteiger partial charge in [-0.3, -0.25) is 0 Å². The molecule has 0 aliphatic carbocycles. The standard InChI is InChI=1S/C14H18ClN3/c1-10-5-3-6-11(2)18(10)17-14-8-4-7-13(15)12(14)9-16/h4,7-8,10-11,17H,3,5-6H2,1-2H3. The number of nitrogens with zero attached hydrogens (tertiary/aromatic N) is 2. The van der Waals surface area contributed by atoms with Gasteiger partial charge in [0.05, 0.1) is 16.3 Å². The van der Waals surface area contributed by atoms with E-state index < -0.39 is 0 Å². The van der Waals surface area contributed by atoms with E-state index in [1.165, 1.54) is 19.3 Å². The summed E-state index contributed by atoms with van der Waals surface area (Å²) >= 11 is 6.04. The third kappa shape index (κ3) is 2.60. The monoisotopic (exact) mass is 263 g/mol. The first kappa shape index (κ1) is 13.2. The van der Waals surface area contributed by atoms with Crippen molar-refractivity contribution in [1.82, 2.24) is 5.01 Å². The second-order valence-electron chi connectivity index (χ2n) is 4.92. The largest absolute Gasteiger partial charge is 0.317 e. The van der Waals surface area contributed by atoms with E-state index in [1.807, 2.05) is 12.1 Å². The van der Waals surface area contributed by atoms with E-state index in [9.17, 15) is 0 Å². The van der Waals surface area contributed by atoms with E-state index >= 15 is 0 Å². The zero-order valence-electron chi connectivity index (χ0n) is 10.8. The molecular weight excluding hydrogens is 246 g/mol. The van der Waals surface area contributed by atoms with Crippen molar-refractivity contribution in [2.75, 3.05) is 5.43 Å². The van der Waals surface area contributed by atoms with Crippen LogP contribution in [-0.4, -0.2) is 17.1 Å². The molecule has 0 aromatic heterocycles. The van der Waals surface area contributed by atoms with Crippen LogP contribution >= 0.6 is 11.6 Å². The summed E-state index contributed by atoms with van der Waals surface area (Å²) in [6, 6.07) is 8.62. The van der Waals surface area contributed by atoms with Crippen LogP contribution < -0.4 is 5.43 Å². The number of hydrogen-bond acceptors (Lipinski definition) is 3. The van der Waals surface area contributed by atoms with Crippen molar-refractivity contribution in [2.45, 2.75) is 45.2 Å². The molecule has 1 aliphatic rings. The summed E-state index contributed by atoms with van der Waals surface area (Å²) in [5.41, 5.74) is 4.68. The van der Waals surface area contributed by atoms with Crippen LogP contribution in [-0.2, 0) is 0 Å². The van der Waals surface area contributed by atoms with Gasteiger partial charge >= 0.3 is 0 Å². The van der Waals surface area contributed by atoms with Crippen molar-refractivity contribution >= 4 is 17.3 Å². The zero-order valence-corrected chi connectivity index (χ0v) is 11.5. The number of anilines is 1. The van der Waals surface area contributed by atoms with Gasteiger partial charge in [0.15, 0.2) is 0 Å². The molecular formula is C14H18ClN3. The molecule has 1 saturated heterocycles. The number of rotatable bonds is 2. The van der Waals surface area contributed by atoms with Gasteiger partial charge in [-0.05, 0) is 38.8 Å². The SMILES string of the molecule is CC1CCCC(C)N1Nc1cccc(Cl)c1C#N. The molecule has 2 atom stereocenters. The maximum absolute atomic E-state index is 9.17. The van der Waals surface area contributed by atoms with Crippen molar-refractivity contribution in [3.05, 3.63) is 28.8 Å². The number of nitrogens with one attached hydrogen (secondary N) is 1. The van der Waals surface area contributed by atoms with Crippen LogP contribution in [0.25, 0.3) is 0 Å². The van der Waals surface area contributed by atoms with Crippen LogP contribution in [0.4, 0.5) is 5.69 Å². The highest BCUT2D eigenvalue weighted by Gasteiger charge is 2.25. The Balaban J connectivity index is 2.23.